The zero-order valence-corrected chi connectivity index (χ0v) is 25.3. The lowest BCUT2D eigenvalue weighted by Gasteiger charge is -2.37. The third-order valence-corrected chi connectivity index (χ3v) is 8.43. The molecule has 0 saturated carbocycles. The molecule has 0 unspecified atom stereocenters. The standard InChI is InChI=1S/C29H42ClFN6O7/c30-20-14-33-29(34-15-20)37-5-3-19(4-6-37)2-1-11-44-21-12-22(31)23(32-16-21)13-26(41)36-9-7-35(8-10-36)17-24(39)27(42)28(43)25(40)18-38/h12,14-16,19,24-25,27-28,38-40,42-43H,1-11,13,17-18H2/t24-,25+,27+,28+/m0/s1. The van der Waals surface area contributed by atoms with Gasteiger partial charge in [-0.2, -0.15) is 0 Å². The van der Waals surface area contributed by atoms with E-state index >= 15 is 0 Å². The number of anilines is 1. The number of amides is 1. The summed E-state index contributed by atoms with van der Waals surface area (Å²) in [6, 6.07) is 1.26. The van der Waals surface area contributed by atoms with Gasteiger partial charge in [-0.3, -0.25) is 14.7 Å². The Bertz CT molecular complexity index is 1190. The third-order valence-electron chi connectivity index (χ3n) is 8.24. The van der Waals surface area contributed by atoms with Crippen molar-refractivity contribution in [2.24, 2.45) is 5.92 Å². The highest BCUT2D eigenvalue weighted by Crippen LogP contribution is 2.25. The van der Waals surface area contributed by atoms with Crippen LogP contribution in [0.25, 0.3) is 0 Å². The summed E-state index contributed by atoms with van der Waals surface area (Å²) < 4.78 is 20.5. The number of aromatic nitrogens is 3. The first-order valence-corrected chi connectivity index (χ1v) is 15.3. The molecule has 4 atom stereocenters. The molecule has 2 aliphatic rings. The van der Waals surface area contributed by atoms with Crippen molar-refractivity contribution in [2.75, 3.05) is 63.9 Å². The molecule has 0 aromatic carbocycles. The van der Waals surface area contributed by atoms with Gasteiger partial charge in [-0.05, 0) is 31.6 Å². The first-order valence-electron chi connectivity index (χ1n) is 15.0. The summed E-state index contributed by atoms with van der Waals surface area (Å²) in [6.07, 6.45) is 2.08. The zero-order chi connectivity index (χ0) is 31.6. The summed E-state index contributed by atoms with van der Waals surface area (Å²) in [4.78, 5) is 31.0. The SMILES string of the molecule is O=C(Cc1ncc(OCCCC2CCN(c3ncc(Cl)cn3)CC2)cc1F)N1CCN(C[C@H](O)[C@@H](O)[C@H](O)[C@H](O)CO)CC1. The zero-order valence-electron chi connectivity index (χ0n) is 24.6. The van der Waals surface area contributed by atoms with E-state index in [9.17, 15) is 29.6 Å². The van der Waals surface area contributed by atoms with E-state index in [2.05, 4.69) is 19.9 Å². The monoisotopic (exact) mass is 640 g/mol. The molecule has 5 N–H and O–H groups in total. The Hall–Kier alpha value is -2.72. The van der Waals surface area contributed by atoms with Crippen molar-refractivity contribution in [3.63, 3.8) is 0 Å². The lowest BCUT2D eigenvalue weighted by molar-refractivity contribution is -0.134. The fraction of sp³-hybridized carbons (Fsp3) is 0.655. The van der Waals surface area contributed by atoms with Gasteiger partial charge in [-0.15, -0.1) is 0 Å². The Morgan fingerprint density at radius 3 is 2.27 bits per heavy atom. The number of pyridine rings is 1. The van der Waals surface area contributed by atoms with Gasteiger partial charge in [0.2, 0.25) is 11.9 Å². The molecule has 2 aliphatic heterocycles. The summed E-state index contributed by atoms with van der Waals surface area (Å²) in [5.41, 5.74) is 0.0381. The highest BCUT2D eigenvalue weighted by molar-refractivity contribution is 6.30. The van der Waals surface area contributed by atoms with Gasteiger partial charge in [0.25, 0.3) is 0 Å². The normalized spacial score (nSPS) is 19.4. The van der Waals surface area contributed by atoms with Crippen LogP contribution >= 0.6 is 11.6 Å². The van der Waals surface area contributed by atoms with Gasteiger partial charge in [0, 0.05) is 51.9 Å². The Kier molecular flexibility index (Phi) is 12.8. The van der Waals surface area contributed by atoms with Gasteiger partial charge in [-0.25, -0.2) is 14.4 Å². The number of β-amino-alcohol motifs (C(OH)–C–C–N with tert-alkyl or cyclic N) is 1. The van der Waals surface area contributed by atoms with Crippen LogP contribution in [0.15, 0.2) is 24.7 Å². The molecule has 2 saturated heterocycles. The van der Waals surface area contributed by atoms with E-state index in [-0.39, 0.29) is 24.6 Å². The molecule has 2 aromatic heterocycles. The van der Waals surface area contributed by atoms with Crippen LogP contribution in [-0.4, -0.2) is 140 Å². The molecule has 15 heteroatoms. The lowest BCUT2D eigenvalue weighted by Crippen LogP contribution is -2.54. The van der Waals surface area contributed by atoms with Crippen LogP contribution in [0.4, 0.5) is 10.3 Å². The Labute approximate surface area is 260 Å². The van der Waals surface area contributed by atoms with Crippen molar-refractivity contribution in [2.45, 2.75) is 56.5 Å². The molecule has 2 fully saturated rings. The van der Waals surface area contributed by atoms with Crippen LogP contribution in [0.2, 0.25) is 5.02 Å². The molecule has 13 nitrogen and oxygen atoms in total. The summed E-state index contributed by atoms with van der Waals surface area (Å²) in [5.74, 6) is 0.706. The molecule has 0 aliphatic carbocycles. The molecule has 244 valence electrons. The van der Waals surface area contributed by atoms with E-state index in [1.165, 1.54) is 12.3 Å². The van der Waals surface area contributed by atoms with E-state index < -0.39 is 36.8 Å². The first kappa shape index (κ1) is 34.2. The van der Waals surface area contributed by atoms with Gasteiger partial charge in [0.1, 0.15) is 29.9 Å². The van der Waals surface area contributed by atoms with E-state index in [4.69, 9.17) is 21.4 Å². The maximum Gasteiger partial charge on any atom is 0.228 e. The minimum absolute atomic E-state index is 0.00899. The number of halogens is 2. The quantitative estimate of drug-likeness (QED) is 0.173. The number of piperazine rings is 1. The largest absolute Gasteiger partial charge is 0.492 e. The van der Waals surface area contributed by atoms with E-state index in [1.807, 2.05) is 0 Å². The van der Waals surface area contributed by atoms with E-state index in [1.54, 1.807) is 22.2 Å². The van der Waals surface area contributed by atoms with Crippen molar-refractivity contribution in [3.8, 4) is 5.75 Å². The van der Waals surface area contributed by atoms with Gasteiger partial charge in [0.15, 0.2) is 0 Å². The summed E-state index contributed by atoms with van der Waals surface area (Å²) in [6.45, 7) is 2.93. The van der Waals surface area contributed by atoms with Gasteiger partial charge in [0.05, 0.1) is 55.0 Å². The van der Waals surface area contributed by atoms with Crippen LogP contribution in [-0.2, 0) is 11.2 Å². The molecule has 1 amide bonds. The number of hydrogen-bond donors (Lipinski definition) is 5. The topological polar surface area (TPSA) is 176 Å². The second-order valence-corrected chi connectivity index (χ2v) is 11.8. The molecule has 0 spiro atoms. The average Bonchev–Trinajstić information content (AvgIpc) is 3.04. The number of piperidine rings is 1. The number of ether oxygens (including phenoxy) is 1. The lowest BCUT2D eigenvalue weighted by atomic mass is 9.92. The van der Waals surface area contributed by atoms with Gasteiger partial charge < -0.3 is 40.1 Å². The molecular formula is C29H42ClFN6O7. The summed E-state index contributed by atoms with van der Waals surface area (Å²) in [5, 5.41) is 48.9. The Morgan fingerprint density at radius 1 is 0.977 bits per heavy atom. The van der Waals surface area contributed by atoms with Gasteiger partial charge >= 0.3 is 0 Å². The van der Waals surface area contributed by atoms with Crippen molar-refractivity contribution < 1.29 is 39.5 Å². The molecule has 0 bridgehead atoms. The number of aliphatic hydroxyl groups excluding tert-OH is 5. The molecule has 0 radical (unpaired) electrons. The van der Waals surface area contributed by atoms with Crippen molar-refractivity contribution in [1.29, 1.82) is 0 Å². The predicted molar refractivity (Wildman–Crippen MR) is 159 cm³/mol. The number of nitrogens with zero attached hydrogens (tertiary/aromatic N) is 6. The maximum atomic E-state index is 14.8. The second-order valence-electron chi connectivity index (χ2n) is 11.4. The highest BCUT2D eigenvalue weighted by Gasteiger charge is 2.32. The van der Waals surface area contributed by atoms with E-state index in [0.717, 1.165) is 38.8 Å². The Morgan fingerprint density at radius 2 is 1.64 bits per heavy atom. The smallest absolute Gasteiger partial charge is 0.228 e. The number of carbonyl (C=O) groups excluding carboxylic acids is 1. The van der Waals surface area contributed by atoms with Crippen molar-refractivity contribution in [3.05, 3.63) is 41.2 Å². The second kappa shape index (κ2) is 16.5. The van der Waals surface area contributed by atoms with Crippen molar-refractivity contribution in [1.82, 2.24) is 24.8 Å². The third kappa shape index (κ3) is 9.64. The number of hydrogen-bond acceptors (Lipinski definition) is 12. The minimum atomic E-state index is -1.69. The maximum absolute atomic E-state index is 14.8. The molecule has 2 aromatic rings. The number of aliphatic hydroxyl groups is 5. The molecule has 44 heavy (non-hydrogen) atoms. The molecule has 4 rings (SSSR count). The van der Waals surface area contributed by atoms with Crippen LogP contribution in [0.3, 0.4) is 0 Å². The number of rotatable bonds is 14. The summed E-state index contributed by atoms with van der Waals surface area (Å²) in [7, 11) is 0. The average molecular weight is 641 g/mol. The fourth-order valence-corrected chi connectivity index (χ4v) is 5.58. The Balaban J connectivity index is 1.12. The van der Waals surface area contributed by atoms with Gasteiger partial charge in [-0.1, -0.05) is 11.6 Å². The van der Waals surface area contributed by atoms with Crippen LogP contribution < -0.4 is 9.64 Å². The van der Waals surface area contributed by atoms with E-state index in [0.29, 0.717) is 55.4 Å². The molecule has 4 heterocycles. The van der Waals surface area contributed by atoms with Crippen molar-refractivity contribution >= 4 is 23.5 Å². The number of carbonyl (C=O) groups is 1. The van der Waals surface area contributed by atoms with Crippen LogP contribution in [0.1, 0.15) is 31.4 Å². The minimum Gasteiger partial charge on any atom is -0.492 e. The molecular weight excluding hydrogens is 599 g/mol. The first-order chi connectivity index (χ1) is 21.1. The highest BCUT2D eigenvalue weighted by atomic mass is 35.5. The van der Waals surface area contributed by atoms with Crippen LogP contribution in [0, 0.1) is 11.7 Å². The van der Waals surface area contributed by atoms with Crippen LogP contribution in [0.5, 0.6) is 5.75 Å². The predicted octanol–water partition coefficient (Wildman–Crippen LogP) is -0.138. The fourth-order valence-electron chi connectivity index (χ4n) is 5.48. The summed E-state index contributed by atoms with van der Waals surface area (Å²) >= 11 is 5.87.